The molecule has 0 heterocycles. The smallest absolute Gasteiger partial charge is 0.106 e. The normalized spacial score (nSPS) is 24.1. The van der Waals surface area contributed by atoms with E-state index in [1.54, 1.807) is 7.11 Å². The molecule has 2 rings (SSSR count). The zero-order valence-electron chi connectivity index (χ0n) is 7.73. The van der Waals surface area contributed by atoms with Crippen molar-refractivity contribution in [3.05, 3.63) is 35.9 Å². The Kier molecular flexibility index (Phi) is 2.30. The summed E-state index contributed by atoms with van der Waals surface area (Å²) in [5, 5.41) is 4.00. The molecule has 2 nitrogen and oxygen atoms in total. The van der Waals surface area contributed by atoms with Gasteiger partial charge in [-0.15, -0.1) is 0 Å². The predicted octanol–water partition coefficient (Wildman–Crippen LogP) is 2.57. The Morgan fingerprint density at radius 2 is 2.08 bits per heavy atom. The summed E-state index contributed by atoms with van der Waals surface area (Å²) in [6.07, 6.45) is 2.28. The molecule has 68 valence electrons. The first-order valence-electron chi connectivity index (χ1n) is 4.56. The van der Waals surface area contributed by atoms with Gasteiger partial charge < -0.3 is 4.84 Å². The minimum absolute atomic E-state index is 0.501. The van der Waals surface area contributed by atoms with E-state index in [4.69, 9.17) is 4.84 Å². The molecule has 0 amide bonds. The number of hydrogen-bond acceptors (Lipinski definition) is 2. The molecule has 0 aliphatic heterocycles. The van der Waals surface area contributed by atoms with Crippen LogP contribution in [0.4, 0.5) is 0 Å². The lowest BCUT2D eigenvalue weighted by atomic mass is 9.78. The van der Waals surface area contributed by atoms with Crippen molar-refractivity contribution in [3.8, 4) is 0 Å². The van der Waals surface area contributed by atoms with Crippen LogP contribution in [0.1, 0.15) is 24.3 Å². The highest BCUT2D eigenvalue weighted by Gasteiger charge is 2.27. The van der Waals surface area contributed by atoms with Crippen LogP contribution in [0.25, 0.3) is 0 Å². The Labute approximate surface area is 78.2 Å². The molecule has 1 aromatic carbocycles. The summed E-state index contributed by atoms with van der Waals surface area (Å²) in [5.74, 6) is 0.501. The van der Waals surface area contributed by atoms with E-state index >= 15 is 0 Å². The molecular formula is C11H13NO. The van der Waals surface area contributed by atoms with E-state index in [9.17, 15) is 0 Å². The van der Waals surface area contributed by atoms with Gasteiger partial charge in [0.1, 0.15) is 7.11 Å². The third-order valence-electron chi connectivity index (χ3n) is 2.50. The van der Waals surface area contributed by atoms with E-state index in [1.807, 2.05) is 6.07 Å². The monoisotopic (exact) mass is 175 g/mol. The maximum absolute atomic E-state index is 4.79. The van der Waals surface area contributed by atoms with E-state index < -0.39 is 0 Å². The van der Waals surface area contributed by atoms with Crippen LogP contribution >= 0.6 is 0 Å². The maximum Gasteiger partial charge on any atom is 0.106 e. The highest BCUT2D eigenvalue weighted by atomic mass is 16.6. The van der Waals surface area contributed by atoms with E-state index in [0.29, 0.717) is 5.92 Å². The Morgan fingerprint density at radius 3 is 2.62 bits per heavy atom. The Morgan fingerprint density at radius 1 is 1.31 bits per heavy atom. The van der Waals surface area contributed by atoms with Crippen LogP contribution in [-0.2, 0) is 4.84 Å². The molecule has 2 heteroatoms. The maximum atomic E-state index is 4.79. The van der Waals surface area contributed by atoms with Crippen molar-refractivity contribution in [2.75, 3.05) is 7.11 Å². The van der Waals surface area contributed by atoms with Crippen molar-refractivity contribution in [1.82, 2.24) is 0 Å². The molecule has 1 atom stereocenters. The molecule has 13 heavy (non-hydrogen) atoms. The summed E-state index contributed by atoms with van der Waals surface area (Å²) < 4.78 is 0. The fraction of sp³-hybridized carbons (Fsp3) is 0.364. The average Bonchev–Trinajstić information content (AvgIpc) is 2.14. The van der Waals surface area contributed by atoms with Crippen molar-refractivity contribution in [3.63, 3.8) is 0 Å². The zero-order valence-corrected chi connectivity index (χ0v) is 7.73. The van der Waals surface area contributed by atoms with Crippen molar-refractivity contribution in [2.45, 2.75) is 18.8 Å². The molecule has 0 bridgehead atoms. The van der Waals surface area contributed by atoms with Crippen molar-refractivity contribution < 1.29 is 4.84 Å². The fourth-order valence-corrected chi connectivity index (χ4v) is 1.69. The summed E-state index contributed by atoms with van der Waals surface area (Å²) in [4.78, 5) is 4.79. The van der Waals surface area contributed by atoms with Crippen LogP contribution in [0.2, 0.25) is 0 Å². The first-order chi connectivity index (χ1) is 6.42. The number of nitrogens with zero attached hydrogens (tertiary/aromatic N) is 1. The van der Waals surface area contributed by atoms with Gasteiger partial charge in [-0.3, -0.25) is 0 Å². The largest absolute Gasteiger partial charge is 0.399 e. The summed E-state index contributed by atoms with van der Waals surface area (Å²) in [5.41, 5.74) is 2.53. The molecule has 1 aromatic rings. The minimum Gasteiger partial charge on any atom is -0.399 e. The topological polar surface area (TPSA) is 21.6 Å². The van der Waals surface area contributed by atoms with Gasteiger partial charge in [-0.25, -0.2) is 0 Å². The number of oxime groups is 1. The molecule has 0 aromatic heterocycles. The van der Waals surface area contributed by atoms with Gasteiger partial charge in [0.2, 0.25) is 0 Å². The average molecular weight is 175 g/mol. The molecule has 1 saturated carbocycles. The van der Waals surface area contributed by atoms with Gasteiger partial charge >= 0.3 is 0 Å². The molecule has 0 radical (unpaired) electrons. The van der Waals surface area contributed by atoms with Crippen LogP contribution in [0.5, 0.6) is 0 Å². The highest BCUT2D eigenvalue weighted by Crippen LogP contribution is 2.33. The van der Waals surface area contributed by atoms with Gasteiger partial charge in [0.25, 0.3) is 0 Å². The second kappa shape index (κ2) is 3.60. The summed E-state index contributed by atoms with van der Waals surface area (Å²) >= 11 is 0. The number of rotatable bonds is 2. The van der Waals surface area contributed by atoms with Crippen molar-refractivity contribution >= 4 is 5.71 Å². The van der Waals surface area contributed by atoms with Crippen molar-refractivity contribution in [2.24, 2.45) is 5.16 Å². The van der Waals surface area contributed by atoms with E-state index in [-0.39, 0.29) is 0 Å². The lowest BCUT2D eigenvalue weighted by Crippen LogP contribution is -2.23. The van der Waals surface area contributed by atoms with Gasteiger partial charge in [-0.05, 0) is 18.4 Å². The molecule has 1 aliphatic carbocycles. The third kappa shape index (κ3) is 1.57. The Bertz CT molecular complexity index is 305. The van der Waals surface area contributed by atoms with E-state index in [1.165, 1.54) is 17.7 Å². The molecular weight excluding hydrogens is 162 g/mol. The third-order valence-corrected chi connectivity index (χ3v) is 2.50. The summed E-state index contributed by atoms with van der Waals surface area (Å²) in [7, 11) is 1.60. The van der Waals surface area contributed by atoms with Crippen LogP contribution in [-0.4, -0.2) is 12.8 Å². The molecule has 0 saturated heterocycles. The highest BCUT2D eigenvalue weighted by molar-refractivity contribution is 5.95. The first kappa shape index (κ1) is 8.30. The molecule has 0 spiro atoms. The van der Waals surface area contributed by atoms with E-state index in [2.05, 4.69) is 29.4 Å². The molecule has 0 N–H and O–H groups in total. The van der Waals surface area contributed by atoms with Gasteiger partial charge in [0, 0.05) is 5.92 Å². The van der Waals surface area contributed by atoms with Crippen LogP contribution in [0.3, 0.4) is 0 Å². The molecule has 1 unspecified atom stereocenters. The summed E-state index contributed by atoms with van der Waals surface area (Å²) in [6.45, 7) is 0. The van der Waals surface area contributed by atoms with Crippen molar-refractivity contribution in [1.29, 1.82) is 0 Å². The zero-order chi connectivity index (χ0) is 9.10. The quantitative estimate of drug-likeness (QED) is 0.633. The molecule has 1 aliphatic rings. The van der Waals surface area contributed by atoms with E-state index in [0.717, 1.165) is 6.42 Å². The minimum atomic E-state index is 0.501. The van der Waals surface area contributed by atoms with Crippen LogP contribution < -0.4 is 0 Å². The number of benzene rings is 1. The second-order valence-electron chi connectivity index (χ2n) is 3.27. The lowest BCUT2D eigenvalue weighted by molar-refractivity contribution is 0.208. The lowest BCUT2D eigenvalue weighted by Gasteiger charge is -2.27. The molecule has 1 fully saturated rings. The first-order valence-corrected chi connectivity index (χ1v) is 4.56. The van der Waals surface area contributed by atoms with Gasteiger partial charge in [-0.2, -0.15) is 0 Å². The Hall–Kier alpha value is -1.31. The standard InChI is InChI=1S/C11H13NO/c1-13-12-11-8-7-10(11)9-5-3-2-4-6-9/h2-6,10H,7-8H2,1H3/b12-11-. The Balaban J connectivity index is 2.15. The van der Waals surface area contributed by atoms with Crippen LogP contribution in [0, 0.1) is 0 Å². The van der Waals surface area contributed by atoms with Gasteiger partial charge in [0.15, 0.2) is 0 Å². The van der Waals surface area contributed by atoms with Crippen LogP contribution in [0.15, 0.2) is 35.5 Å². The second-order valence-corrected chi connectivity index (χ2v) is 3.27. The summed E-state index contributed by atoms with van der Waals surface area (Å²) in [6, 6.07) is 10.5. The SMILES string of the molecule is CO/N=C1/CCC1c1ccccc1. The fourth-order valence-electron chi connectivity index (χ4n) is 1.69. The number of hydrogen-bond donors (Lipinski definition) is 0. The predicted molar refractivity (Wildman–Crippen MR) is 52.9 cm³/mol. The van der Waals surface area contributed by atoms with Gasteiger partial charge in [-0.1, -0.05) is 35.5 Å². The van der Waals surface area contributed by atoms with Gasteiger partial charge in [0.05, 0.1) is 5.71 Å².